The van der Waals surface area contributed by atoms with E-state index in [0.29, 0.717) is 15.8 Å². The Morgan fingerprint density at radius 1 is 0.920 bits per heavy atom. The van der Waals surface area contributed by atoms with Crippen LogP contribution < -0.4 is 10.6 Å². The molecule has 25 heavy (non-hydrogen) atoms. The van der Waals surface area contributed by atoms with Crippen LogP contribution in [-0.4, -0.2) is 11.8 Å². The highest BCUT2D eigenvalue weighted by molar-refractivity contribution is 9.10. The molecular weight excluding hydrogens is 391 g/mol. The summed E-state index contributed by atoms with van der Waals surface area (Å²) in [7, 11) is 0. The SMILES string of the molecule is O=C(Nc1cccc(NC(=O)c2cc(F)ccc2Br)c1)c1ccco1. The summed E-state index contributed by atoms with van der Waals surface area (Å²) < 4.78 is 18.8. The maximum atomic E-state index is 13.3. The molecular formula is C18H12BrFN2O3. The van der Waals surface area contributed by atoms with Gasteiger partial charge in [-0.1, -0.05) is 6.07 Å². The van der Waals surface area contributed by atoms with Crippen molar-refractivity contribution in [1.82, 2.24) is 0 Å². The lowest BCUT2D eigenvalue weighted by atomic mass is 10.2. The number of hydrogen-bond donors (Lipinski definition) is 2. The molecule has 1 aromatic heterocycles. The molecule has 0 fully saturated rings. The summed E-state index contributed by atoms with van der Waals surface area (Å²) >= 11 is 3.22. The van der Waals surface area contributed by atoms with Gasteiger partial charge in [0.1, 0.15) is 5.82 Å². The van der Waals surface area contributed by atoms with Gasteiger partial charge < -0.3 is 15.1 Å². The molecule has 0 saturated carbocycles. The number of benzene rings is 2. The topological polar surface area (TPSA) is 71.3 Å². The van der Waals surface area contributed by atoms with Crippen molar-refractivity contribution in [1.29, 1.82) is 0 Å². The number of nitrogens with one attached hydrogen (secondary N) is 2. The smallest absolute Gasteiger partial charge is 0.291 e. The van der Waals surface area contributed by atoms with E-state index in [2.05, 4.69) is 26.6 Å². The van der Waals surface area contributed by atoms with Crippen LogP contribution in [0, 0.1) is 5.82 Å². The van der Waals surface area contributed by atoms with Gasteiger partial charge in [-0.3, -0.25) is 9.59 Å². The van der Waals surface area contributed by atoms with Crippen molar-refractivity contribution in [3.63, 3.8) is 0 Å². The van der Waals surface area contributed by atoms with Crippen molar-refractivity contribution in [3.05, 3.63) is 82.5 Å². The monoisotopic (exact) mass is 402 g/mol. The largest absolute Gasteiger partial charge is 0.459 e. The first kappa shape index (κ1) is 16.9. The fourth-order valence-corrected chi connectivity index (χ4v) is 2.57. The molecule has 0 spiro atoms. The van der Waals surface area contributed by atoms with Crippen LogP contribution in [0.2, 0.25) is 0 Å². The summed E-state index contributed by atoms with van der Waals surface area (Å²) in [5.41, 5.74) is 1.11. The molecule has 0 aliphatic rings. The Balaban J connectivity index is 1.74. The Hall–Kier alpha value is -2.93. The first-order valence-electron chi connectivity index (χ1n) is 7.24. The molecule has 0 aliphatic heterocycles. The third-order valence-corrected chi connectivity index (χ3v) is 3.99. The molecule has 0 bridgehead atoms. The Morgan fingerprint density at radius 2 is 1.64 bits per heavy atom. The predicted molar refractivity (Wildman–Crippen MR) is 95.2 cm³/mol. The first-order chi connectivity index (χ1) is 12.0. The van der Waals surface area contributed by atoms with Crippen LogP contribution in [0.1, 0.15) is 20.9 Å². The molecule has 126 valence electrons. The van der Waals surface area contributed by atoms with Crippen LogP contribution in [0.4, 0.5) is 15.8 Å². The quantitative estimate of drug-likeness (QED) is 0.664. The van der Waals surface area contributed by atoms with Crippen molar-refractivity contribution in [2.45, 2.75) is 0 Å². The summed E-state index contributed by atoms with van der Waals surface area (Å²) in [5, 5.41) is 5.33. The van der Waals surface area contributed by atoms with E-state index in [-0.39, 0.29) is 11.3 Å². The third kappa shape index (κ3) is 4.13. The highest BCUT2D eigenvalue weighted by atomic mass is 79.9. The minimum absolute atomic E-state index is 0.171. The molecule has 7 heteroatoms. The zero-order valence-electron chi connectivity index (χ0n) is 12.8. The third-order valence-electron chi connectivity index (χ3n) is 3.30. The van der Waals surface area contributed by atoms with E-state index in [1.165, 1.54) is 18.4 Å². The average Bonchev–Trinajstić information content (AvgIpc) is 3.12. The van der Waals surface area contributed by atoms with E-state index in [1.54, 1.807) is 36.4 Å². The van der Waals surface area contributed by atoms with Crippen molar-refractivity contribution < 1.29 is 18.4 Å². The normalized spacial score (nSPS) is 10.3. The van der Waals surface area contributed by atoms with E-state index >= 15 is 0 Å². The van der Waals surface area contributed by atoms with E-state index in [1.807, 2.05) is 0 Å². The number of hydrogen-bond acceptors (Lipinski definition) is 3. The maximum Gasteiger partial charge on any atom is 0.291 e. The summed E-state index contributed by atoms with van der Waals surface area (Å²) in [4.78, 5) is 24.3. The van der Waals surface area contributed by atoms with E-state index in [0.717, 1.165) is 6.07 Å². The summed E-state index contributed by atoms with van der Waals surface area (Å²) in [6.07, 6.45) is 1.41. The average molecular weight is 403 g/mol. The highest BCUT2D eigenvalue weighted by Gasteiger charge is 2.13. The fraction of sp³-hybridized carbons (Fsp3) is 0. The number of anilines is 2. The van der Waals surface area contributed by atoms with Crippen molar-refractivity contribution >= 4 is 39.1 Å². The van der Waals surface area contributed by atoms with Crippen molar-refractivity contribution in [3.8, 4) is 0 Å². The predicted octanol–water partition coefficient (Wildman–Crippen LogP) is 4.69. The molecule has 0 atom stereocenters. The Bertz CT molecular complexity index is 926. The second-order valence-corrected chi connectivity index (χ2v) is 5.94. The molecule has 0 saturated heterocycles. The zero-order valence-corrected chi connectivity index (χ0v) is 14.3. The van der Waals surface area contributed by atoms with Crippen LogP contribution in [-0.2, 0) is 0 Å². The number of furan rings is 1. The number of carbonyl (C=O) groups excluding carboxylic acids is 2. The van der Waals surface area contributed by atoms with Crippen LogP contribution in [0.25, 0.3) is 0 Å². The maximum absolute atomic E-state index is 13.3. The minimum Gasteiger partial charge on any atom is -0.459 e. The molecule has 1 heterocycles. The standard InChI is InChI=1S/C18H12BrFN2O3/c19-15-7-6-11(20)9-14(15)17(23)21-12-3-1-4-13(10-12)22-18(24)16-5-2-8-25-16/h1-10H,(H,21,23)(H,22,24). The lowest BCUT2D eigenvalue weighted by Crippen LogP contribution is -2.14. The molecule has 2 aromatic carbocycles. The van der Waals surface area contributed by atoms with E-state index in [9.17, 15) is 14.0 Å². The molecule has 5 nitrogen and oxygen atoms in total. The molecule has 2 N–H and O–H groups in total. The number of halogens is 2. The summed E-state index contributed by atoms with van der Waals surface area (Å²) in [6, 6.07) is 13.6. The lowest BCUT2D eigenvalue weighted by molar-refractivity contribution is 0.0995. The van der Waals surface area contributed by atoms with E-state index < -0.39 is 17.6 Å². The van der Waals surface area contributed by atoms with Crippen LogP contribution in [0.5, 0.6) is 0 Å². The van der Waals surface area contributed by atoms with Crippen LogP contribution in [0.15, 0.2) is 69.8 Å². The Labute approximate surface area is 151 Å². The van der Waals surface area contributed by atoms with Crippen molar-refractivity contribution in [2.24, 2.45) is 0 Å². The number of carbonyl (C=O) groups is 2. The van der Waals surface area contributed by atoms with Gasteiger partial charge in [-0.05, 0) is 64.5 Å². The molecule has 0 radical (unpaired) electrons. The highest BCUT2D eigenvalue weighted by Crippen LogP contribution is 2.21. The van der Waals surface area contributed by atoms with Gasteiger partial charge in [0.05, 0.1) is 11.8 Å². The molecule has 3 rings (SSSR count). The van der Waals surface area contributed by atoms with Gasteiger partial charge in [0.15, 0.2) is 5.76 Å². The second-order valence-electron chi connectivity index (χ2n) is 5.09. The van der Waals surface area contributed by atoms with Gasteiger partial charge >= 0.3 is 0 Å². The lowest BCUT2D eigenvalue weighted by Gasteiger charge is -2.09. The Kier molecular flexibility index (Phi) is 4.95. The van der Waals surface area contributed by atoms with Crippen LogP contribution in [0.3, 0.4) is 0 Å². The Morgan fingerprint density at radius 3 is 2.32 bits per heavy atom. The number of amides is 2. The van der Waals surface area contributed by atoms with Gasteiger partial charge in [0.2, 0.25) is 0 Å². The second kappa shape index (κ2) is 7.31. The first-order valence-corrected chi connectivity index (χ1v) is 8.03. The van der Waals surface area contributed by atoms with Gasteiger partial charge in [0.25, 0.3) is 11.8 Å². The summed E-state index contributed by atoms with van der Waals surface area (Å²) in [6.45, 7) is 0. The molecule has 0 unspecified atom stereocenters. The van der Waals surface area contributed by atoms with Gasteiger partial charge in [-0.2, -0.15) is 0 Å². The van der Waals surface area contributed by atoms with Crippen molar-refractivity contribution in [2.75, 3.05) is 10.6 Å². The van der Waals surface area contributed by atoms with Crippen LogP contribution >= 0.6 is 15.9 Å². The summed E-state index contributed by atoms with van der Waals surface area (Å²) in [5.74, 6) is -1.20. The fourth-order valence-electron chi connectivity index (χ4n) is 2.15. The molecule has 0 aliphatic carbocycles. The molecule has 2 amide bonds. The van der Waals surface area contributed by atoms with E-state index in [4.69, 9.17) is 4.42 Å². The van der Waals surface area contributed by atoms with Gasteiger partial charge in [-0.25, -0.2) is 4.39 Å². The zero-order chi connectivity index (χ0) is 17.8. The van der Waals surface area contributed by atoms with Gasteiger partial charge in [0, 0.05) is 15.8 Å². The molecule has 3 aromatic rings. The minimum atomic E-state index is -0.507. The number of rotatable bonds is 4. The van der Waals surface area contributed by atoms with Gasteiger partial charge in [-0.15, -0.1) is 0 Å².